The summed E-state index contributed by atoms with van der Waals surface area (Å²) in [4.78, 5) is 15.3. The van der Waals surface area contributed by atoms with Crippen LogP contribution in [0.25, 0.3) is 0 Å². The van der Waals surface area contributed by atoms with Gasteiger partial charge in [-0.05, 0) is 30.7 Å². The molecule has 2 N–H and O–H groups in total. The fraction of sp³-hybridized carbons (Fsp3) is 0.286. The number of nitrogens with one attached hydrogen (secondary N) is 1. The third-order valence-corrected chi connectivity index (χ3v) is 3.20. The molecule has 1 unspecified atom stereocenters. The van der Waals surface area contributed by atoms with Crippen LogP contribution >= 0.6 is 11.6 Å². The van der Waals surface area contributed by atoms with E-state index >= 15 is 0 Å². The van der Waals surface area contributed by atoms with Gasteiger partial charge in [-0.3, -0.25) is 4.79 Å². The molecule has 0 aliphatic carbocycles. The number of rotatable bonds is 7. The summed E-state index contributed by atoms with van der Waals surface area (Å²) in [5, 5.41) is 12.9. The number of imidazole rings is 1. The Hall–Kier alpha value is -1.85. The number of halogens is 1. The SMILES string of the molecule is O=C(O)C(NCCCn1ccnc1)c1ccc(Cl)cc1. The lowest BCUT2D eigenvalue weighted by atomic mass is 10.1. The maximum atomic E-state index is 11.3. The van der Waals surface area contributed by atoms with E-state index in [1.54, 1.807) is 36.8 Å². The quantitative estimate of drug-likeness (QED) is 0.769. The molecule has 1 aromatic heterocycles. The highest BCUT2D eigenvalue weighted by molar-refractivity contribution is 6.30. The van der Waals surface area contributed by atoms with E-state index in [1.165, 1.54) is 0 Å². The second-order valence-corrected chi connectivity index (χ2v) is 4.87. The molecule has 0 aliphatic heterocycles. The van der Waals surface area contributed by atoms with E-state index in [0.29, 0.717) is 17.1 Å². The second-order valence-electron chi connectivity index (χ2n) is 4.43. The number of carboxylic acids is 1. The molecule has 0 radical (unpaired) electrons. The first-order valence-corrected chi connectivity index (χ1v) is 6.72. The van der Waals surface area contributed by atoms with E-state index in [4.69, 9.17) is 11.6 Å². The van der Waals surface area contributed by atoms with Gasteiger partial charge in [0.1, 0.15) is 6.04 Å². The zero-order valence-corrected chi connectivity index (χ0v) is 11.6. The number of nitrogens with zero attached hydrogens (tertiary/aromatic N) is 2. The molecule has 6 heteroatoms. The molecule has 2 rings (SSSR count). The first-order chi connectivity index (χ1) is 9.66. The van der Waals surface area contributed by atoms with Crippen LogP contribution in [-0.2, 0) is 11.3 Å². The number of aromatic nitrogens is 2. The molecule has 0 bridgehead atoms. The zero-order valence-electron chi connectivity index (χ0n) is 10.9. The summed E-state index contributed by atoms with van der Waals surface area (Å²) in [5.41, 5.74) is 0.699. The van der Waals surface area contributed by atoms with Crippen LogP contribution in [0.3, 0.4) is 0 Å². The van der Waals surface area contributed by atoms with Crippen LogP contribution < -0.4 is 5.32 Å². The van der Waals surface area contributed by atoms with Gasteiger partial charge >= 0.3 is 5.97 Å². The highest BCUT2D eigenvalue weighted by Gasteiger charge is 2.18. The van der Waals surface area contributed by atoms with Crippen LogP contribution in [0.2, 0.25) is 5.02 Å². The lowest BCUT2D eigenvalue weighted by molar-refractivity contribution is -0.139. The predicted octanol–water partition coefficient (Wildman–Crippen LogP) is 2.34. The molecule has 0 spiro atoms. The normalized spacial score (nSPS) is 12.2. The van der Waals surface area contributed by atoms with Gasteiger partial charge in [-0.15, -0.1) is 0 Å². The molecule has 0 aliphatic rings. The Kier molecular flexibility index (Phi) is 5.15. The lowest BCUT2D eigenvalue weighted by Crippen LogP contribution is -2.29. The fourth-order valence-corrected chi connectivity index (χ4v) is 2.06. The van der Waals surface area contributed by atoms with Gasteiger partial charge in [0, 0.05) is 24.0 Å². The van der Waals surface area contributed by atoms with E-state index < -0.39 is 12.0 Å². The third-order valence-electron chi connectivity index (χ3n) is 2.95. The first-order valence-electron chi connectivity index (χ1n) is 6.34. The molecule has 1 atom stereocenters. The fourth-order valence-electron chi connectivity index (χ4n) is 1.93. The molecule has 5 nitrogen and oxygen atoms in total. The third kappa shape index (κ3) is 4.08. The summed E-state index contributed by atoms with van der Waals surface area (Å²) in [6, 6.07) is 6.13. The minimum Gasteiger partial charge on any atom is -0.480 e. The summed E-state index contributed by atoms with van der Waals surface area (Å²) in [6.45, 7) is 1.41. The first kappa shape index (κ1) is 14.6. The van der Waals surface area contributed by atoms with Crippen LogP contribution in [-0.4, -0.2) is 27.2 Å². The van der Waals surface area contributed by atoms with Crippen LogP contribution in [0, 0.1) is 0 Å². The lowest BCUT2D eigenvalue weighted by Gasteiger charge is -2.15. The van der Waals surface area contributed by atoms with E-state index in [2.05, 4.69) is 10.3 Å². The zero-order chi connectivity index (χ0) is 14.4. The van der Waals surface area contributed by atoms with Crippen molar-refractivity contribution in [2.45, 2.75) is 19.0 Å². The van der Waals surface area contributed by atoms with Gasteiger partial charge in [-0.2, -0.15) is 0 Å². The van der Waals surface area contributed by atoms with Gasteiger partial charge in [-0.25, -0.2) is 4.98 Å². The minimum atomic E-state index is -0.894. The van der Waals surface area contributed by atoms with Gasteiger partial charge in [0.25, 0.3) is 0 Å². The van der Waals surface area contributed by atoms with Gasteiger partial charge in [0.2, 0.25) is 0 Å². The van der Waals surface area contributed by atoms with Gasteiger partial charge < -0.3 is 15.0 Å². The van der Waals surface area contributed by atoms with E-state index in [1.807, 2.05) is 10.8 Å². The van der Waals surface area contributed by atoms with Crippen molar-refractivity contribution in [3.05, 3.63) is 53.6 Å². The minimum absolute atomic E-state index is 0.595. The maximum absolute atomic E-state index is 11.3. The molecule has 1 heterocycles. The average molecular weight is 294 g/mol. The Bertz CT molecular complexity index is 540. The smallest absolute Gasteiger partial charge is 0.325 e. The standard InChI is InChI=1S/C14H16ClN3O2/c15-12-4-2-11(3-5-12)13(14(19)20)17-6-1-8-18-9-7-16-10-18/h2-5,7,9-10,13,17H,1,6,8H2,(H,19,20). The monoisotopic (exact) mass is 293 g/mol. The van der Waals surface area contributed by atoms with Crippen molar-refractivity contribution in [2.24, 2.45) is 0 Å². The van der Waals surface area contributed by atoms with Crippen molar-refractivity contribution in [3.63, 3.8) is 0 Å². The predicted molar refractivity (Wildman–Crippen MR) is 76.7 cm³/mol. The Labute approximate surface area is 122 Å². The molecule has 20 heavy (non-hydrogen) atoms. The topological polar surface area (TPSA) is 67.2 Å². The number of hydrogen-bond acceptors (Lipinski definition) is 3. The molecule has 0 fully saturated rings. The van der Waals surface area contributed by atoms with Crippen LogP contribution in [0.4, 0.5) is 0 Å². The highest BCUT2D eigenvalue weighted by atomic mass is 35.5. The summed E-state index contributed by atoms with van der Waals surface area (Å²) in [5.74, 6) is -0.894. The number of hydrogen-bond donors (Lipinski definition) is 2. The number of carboxylic acid groups (broad SMARTS) is 1. The van der Waals surface area contributed by atoms with Crippen molar-refractivity contribution in [1.29, 1.82) is 0 Å². The summed E-state index contributed by atoms with van der Waals surface area (Å²) in [7, 11) is 0. The molecular weight excluding hydrogens is 278 g/mol. The maximum Gasteiger partial charge on any atom is 0.325 e. The summed E-state index contributed by atoms with van der Waals surface area (Å²) < 4.78 is 1.96. The largest absolute Gasteiger partial charge is 0.480 e. The molecule has 0 saturated carbocycles. The number of aryl methyl sites for hydroxylation is 1. The second kappa shape index (κ2) is 7.07. The number of carbonyl (C=O) groups is 1. The number of benzene rings is 1. The Morgan fingerprint density at radius 3 is 2.75 bits per heavy atom. The molecule has 0 amide bonds. The van der Waals surface area contributed by atoms with Crippen LogP contribution in [0.5, 0.6) is 0 Å². The van der Waals surface area contributed by atoms with E-state index in [9.17, 15) is 9.90 Å². The van der Waals surface area contributed by atoms with E-state index in [-0.39, 0.29) is 0 Å². The van der Waals surface area contributed by atoms with E-state index in [0.717, 1.165) is 13.0 Å². The van der Waals surface area contributed by atoms with Crippen molar-refractivity contribution in [3.8, 4) is 0 Å². The van der Waals surface area contributed by atoms with Crippen molar-refractivity contribution >= 4 is 17.6 Å². The van der Waals surface area contributed by atoms with Gasteiger partial charge in [0.05, 0.1) is 6.33 Å². The Morgan fingerprint density at radius 1 is 1.40 bits per heavy atom. The number of aliphatic carboxylic acids is 1. The van der Waals surface area contributed by atoms with Crippen molar-refractivity contribution < 1.29 is 9.90 Å². The van der Waals surface area contributed by atoms with Crippen LogP contribution in [0.1, 0.15) is 18.0 Å². The molecular formula is C14H16ClN3O2. The molecule has 2 aromatic rings. The summed E-state index contributed by atoms with van der Waals surface area (Å²) >= 11 is 5.80. The summed E-state index contributed by atoms with van der Waals surface area (Å²) in [6.07, 6.45) is 6.18. The molecule has 0 saturated heterocycles. The van der Waals surface area contributed by atoms with Crippen LogP contribution in [0.15, 0.2) is 43.0 Å². The van der Waals surface area contributed by atoms with Gasteiger partial charge in [0.15, 0.2) is 0 Å². The van der Waals surface area contributed by atoms with Crippen molar-refractivity contribution in [1.82, 2.24) is 14.9 Å². The molecule has 1 aromatic carbocycles. The Morgan fingerprint density at radius 2 is 2.15 bits per heavy atom. The van der Waals surface area contributed by atoms with Crippen molar-refractivity contribution in [2.75, 3.05) is 6.54 Å². The van der Waals surface area contributed by atoms with Gasteiger partial charge in [-0.1, -0.05) is 23.7 Å². The molecule has 106 valence electrons. The highest BCUT2D eigenvalue weighted by Crippen LogP contribution is 2.16. The Balaban J connectivity index is 1.86. The average Bonchev–Trinajstić information content (AvgIpc) is 2.93.